The molecule has 3 nitrogen and oxygen atoms in total. The van der Waals surface area contributed by atoms with Crippen molar-refractivity contribution in [3.63, 3.8) is 0 Å². The van der Waals surface area contributed by atoms with E-state index in [4.69, 9.17) is 16.3 Å². The van der Waals surface area contributed by atoms with Gasteiger partial charge in [-0.05, 0) is 29.9 Å². The fourth-order valence-corrected chi connectivity index (χ4v) is 3.12. The molecule has 118 valence electrons. The number of hydrogen-bond acceptors (Lipinski definition) is 3. The Hall–Kier alpha value is -0.610. The summed E-state index contributed by atoms with van der Waals surface area (Å²) in [6.45, 7) is 4.66. The molecule has 1 aromatic rings. The molecule has 21 heavy (non-hydrogen) atoms. The van der Waals surface area contributed by atoms with Gasteiger partial charge in [-0.2, -0.15) is 0 Å². The van der Waals surface area contributed by atoms with Crippen molar-refractivity contribution in [3.05, 3.63) is 34.9 Å². The molecule has 1 aromatic carbocycles. The maximum Gasteiger partial charge on any atom is 0.0897 e. The van der Waals surface area contributed by atoms with Crippen LogP contribution in [0.1, 0.15) is 38.2 Å². The zero-order valence-corrected chi connectivity index (χ0v) is 13.5. The zero-order chi connectivity index (χ0) is 15.1. The molecule has 1 aliphatic rings. The van der Waals surface area contributed by atoms with Crippen LogP contribution in [0.2, 0.25) is 5.02 Å². The zero-order valence-electron chi connectivity index (χ0n) is 12.8. The molecule has 0 spiro atoms. The highest BCUT2D eigenvalue weighted by molar-refractivity contribution is 6.31. The predicted octanol–water partition coefficient (Wildman–Crippen LogP) is 3.39. The average molecular weight is 312 g/mol. The lowest BCUT2D eigenvalue weighted by molar-refractivity contribution is 0.0278. The molecular formula is C17H26ClNO2. The standard InChI is InChI=1S/C17H26ClNO2/c1-17(8-4-5-9-17)13-19-10-15(20)12-21-11-14-6-2-3-7-16(14)18/h2-3,6-7,15,19-20H,4-5,8-13H2,1H3. The molecule has 1 atom stereocenters. The second-order valence-corrected chi connectivity index (χ2v) is 6.82. The van der Waals surface area contributed by atoms with E-state index in [0.717, 1.165) is 12.1 Å². The van der Waals surface area contributed by atoms with Gasteiger partial charge in [0.25, 0.3) is 0 Å². The Labute approximate surface area is 132 Å². The van der Waals surface area contributed by atoms with E-state index in [0.29, 0.717) is 30.2 Å². The van der Waals surface area contributed by atoms with Crippen molar-refractivity contribution in [1.29, 1.82) is 0 Å². The topological polar surface area (TPSA) is 41.5 Å². The van der Waals surface area contributed by atoms with E-state index >= 15 is 0 Å². The second-order valence-electron chi connectivity index (χ2n) is 6.41. The van der Waals surface area contributed by atoms with Crippen molar-refractivity contribution in [2.24, 2.45) is 5.41 Å². The number of hydrogen-bond donors (Lipinski definition) is 2. The fourth-order valence-electron chi connectivity index (χ4n) is 2.93. The van der Waals surface area contributed by atoms with Crippen LogP contribution in [0, 0.1) is 5.41 Å². The Kier molecular flexibility index (Phi) is 6.49. The largest absolute Gasteiger partial charge is 0.389 e. The van der Waals surface area contributed by atoms with Crippen molar-refractivity contribution in [3.8, 4) is 0 Å². The smallest absolute Gasteiger partial charge is 0.0897 e. The van der Waals surface area contributed by atoms with Crippen LogP contribution in [-0.2, 0) is 11.3 Å². The lowest BCUT2D eigenvalue weighted by atomic mass is 9.89. The quantitative estimate of drug-likeness (QED) is 0.773. The monoisotopic (exact) mass is 311 g/mol. The van der Waals surface area contributed by atoms with Gasteiger partial charge in [0, 0.05) is 18.1 Å². The number of halogens is 1. The highest BCUT2D eigenvalue weighted by Gasteiger charge is 2.28. The average Bonchev–Trinajstić information content (AvgIpc) is 2.88. The normalized spacial score (nSPS) is 18.8. The van der Waals surface area contributed by atoms with Crippen LogP contribution in [-0.4, -0.2) is 30.9 Å². The minimum atomic E-state index is -0.475. The number of ether oxygens (including phenoxy) is 1. The van der Waals surface area contributed by atoms with Crippen LogP contribution in [0.3, 0.4) is 0 Å². The van der Waals surface area contributed by atoms with Crippen LogP contribution in [0.15, 0.2) is 24.3 Å². The first-order valence-corrected chi connectivity index (χ1v) is 8.17. The molecule has 0 saturated heterocycles. The van der Waals surface area contributed by atoms with Gasteiger partial charge in [-0.1, -0.05) is 49.6 Å². The summed E-state index contributed by atoms with van der Waals surface area (Å²) >= 11 is 6.06. The van der Waals surface area contributed by atoms with Gasteiger partial charge in [-0.25, -0.2) is 0 Å². The molecule has 1 aliphatic carbocycles. The van der Waals surface area contributed by atoms with E-state index in [1.807, 2.05) is 24.3 Å². The Bertz CT molecular complexity index is 433. The number of aliphatic hydroxyl groups is 1. The molecule has 0 heterocycles. The second kappa shape index (κ2) is 8.14. The third-order valence-electron chi connectivity index (χ3n) is 4.27. The number of rotatable bonds is 8. The van der Waals surface area contributed by atoms with Gasteiger partial charge in [0.1, 0.15) is 0 Å². The number of aliphatic hydroxyl groups excluding tert-OH is 1. The van der Waals surface area contributed by atoms with Crippen molar-refractivity contribution >= 4 is 11.6 Å². The van der Waals surface area contributed by atoms with E-state index in [-0.39, 0.29) is 0 Å². The Morgan fingerprint density at radius 3 is 2.76 bits per heavy atom. The Morgan fingerprint density at radius 2 is 2.05 bits per heavy atom. The van der Waals surface area contributed by atoms with Gasteiger partial charge < -0.3 is 15.2 Å². The summed E-state index contributed by atoms with van der Waals surface area (Å²) in [5, 5.41) is 14.0. The molecule has 1 unspecified atom stereocenters. The van der Waals surface area contributed by atoms with Gasteiger partial charge in [0.05, 0.1) is 19.3 Å². The Balaban J connectivity index is 1.59. The van der Waals surface area contributed by atoms with E-state index < -0.39 is 6.10 Å². The Morgan fingerprint density at radius 1 is 1.33 bits per heavy atom. The highest BCUT2D eigenvalue weighted by atomic mass is 35.5. The SMILES string of the molecule is CC1(CNCC(O)COCc2ccccc2Cl)CCCC1. The van der Waals surface area contributed by atoms with E-state index in [2.05, 4.69) is 12.2 Å². The van der Waals surface area contributed by atoms with Gasteiger partial charge >= 0.3 is 0 Å². The molecule has 2 N–H and O–H groups in total. The first-order valence-electron chi connectivity index (χ1n) is 7.79. The first kappa shape index (κ1) is 16.8. The van der Waals surface area contributed by atoms with Crippen molar-refractivity contribution < 1.29 is 9.84 Å². The molecule has 1 saturated carbocycles. The van der Waals surface area contributed by atoms with Crippen molar-refractivity contribution in [1.82, 2.24) is 5.32 Å². The number of benzene rings is 1. The van der Waals surface area contributed by atoms with E-state index in [9.17, 15) is 5.11 Å². The maximum atomic E-state index is 9.93. The van der Waals surface area contributed by atoms with Crippen LogP contribution in [0.4, 0.5) is 0 Å². The van der Waals surface area contributed by atoms with Crippen molar-refractivity contribution in [2.75, 3.05) is 19.7 Å². The summed E-state index contributed by atoms with van der Waals surface area (Å²) in [6, 6.07) is 7.62. The summed E-state index contributed by atoms with van der Waals surface area (Å²) in [7, 11) is 0. The minimum absolute atomic E-state index is 0.328. The molecule has 0 aromatic heterocycles. The molecule has 4 heteroatoms. The van der Waals surface area contributed by atoms with Crippen molar-refractivity contribution in [2.45, 2.75) is 45.3 Å². The summed E-state index contributed by atoms with van der Waals surface area (Å²) in [6.07, 6.45) is 4.78. The van der Waals surface area contributed by atoms with Gasteiger partial charge in [0.15, 0.2) is 0 Å². The molecule has 0 radical (unpaired) electrons. The minimum Gasteiger partial charge on any atom is -0.389 e. The third kappa shape index (κ3) is 5.59. The lowest BCUT2D eigenvalue weighted by Gasteiger charge is -2.24. The van der Waals surface area contributed by atoms with Gasteiger partial charge in [0.2, 0.25) is 0 Å². The third-order valence-corrected chi connectivity index (χ3v) is 4.64. The van der Waals surface area contributed by atoms with E-state index in [1.165, 1.54) is 25.7 Å². The summed E-state index contributed by atoms with van der Waals surface area (Å²) < 4.78 is 5.54. The molecule has 2 rings (SSSR count). The first-order chi connectivity index (χ1) is 10.1. The van der Waals surface area contributed by atoms with Crippen LogP contribution < -0.4 is 5.32 Å². The molecule has 0 aliphatic heterocycles. The maximum absolute atomic E-state index is 9.93. The summed E-state index contributed by atoms with van der Waals surface area (Å²) in [4.78, 5) is 0. The highest BCUT2D eigenvalue weighted by Crippen LogP contribution is 2.36. The van der Waals surface area contributed by atoms with Gasteiger partial charge in [-0.15, -0.1) is 0 Å². The van der Waals surface area contributed by atoms with Crippen LogP contribution in [0.5, 0.6) is 0 Å². The predicted molar refractivity (Wildman–Crippen MR) is 86.6 cm³/mol. The summed E-state index contributed by atoms with van der Waals surface area (Å²) in [5.74, 6) is 0. The number of nitrogens with one attached hydrogen (secondary N) is 1. The van der Waals surface area contributed by atoms with Crippen LogP contribution in [0.25, 0.3) is 0 Å². The van der Waals surface area contributed by atoms with E-state index in [1.54, 1.807) is 0 Å². The summed E-state index contributed by atoms with van der Waals surface area (Å²) in [5.41, 5.74) is 1.37. The molecular weight excluding hydrogens is 286 g/mol. The molecule has 1 fully saturated rings. The lowest BCUT2D eigenvalue weighted by Crippen LogP contribution is -2.36. The fraction of sp³-hybridized carbons (Fsp3) is 0.647. The van der Waals surface area contributed by atoms with Crippen LogP contribution >= 0.6 is 11.6 Å². The molecule has 0 bridgehead atoms. The molecule has 0 amide bonds. The van der Waals surface area contributed by atoms with Gasteiger partial charge in [-0.3, -0.25) is 0 Å².